The Labute approximate surface area is 124 Å². The van der Waals surface area contributed by atoms with Gasteiger partial charge in [-0.25, -0.2) is 0 Å². The summed E-state index contributed by atoms with van der Waals surface area (Å²) in [5.41, 5.74) is 0.715. The van der Waals surface area contributed by atoms with Crippen molar-refractivity contribution in [3.8, 4) is 0 Å². The fourth-order valence-electron chi connectivity index (χ4n) is 1.98. The van der Waals surface area contributed by atoms with Gasteiger partial charge in [0, 0.05) is 17.1 Å². The fraction of sp³-hybridized carbons (Fsp3) is 0.353. The SMILES string of the molecule is CC(C(=O)OC(C)(C)C)C(=O)c1ccc2ncccc2c1. The number of rotatable bonds is 3. The van der Waals surface area contributed by atoms with Gasteiger partial charge in [-0.1, -0.05) is 6.07 Å². The molecule has 0 radical (unpaired) electrons. The van der Waals surface area contributed by atoms with Crippen molar-refractivity contribution in [1.29, 1.82) is 0 Å². The number of aromatic nitrogens is 1. The molecular weight excluding hydrogens is 266 g/mol. The van der Waals surface area contributed by atoms with Crippen molar-refractivity contribution in [1.82, 2.24) is 4.98 Å². The molecule has 1 aromatic carbocycles. The molecule has 1 unspecified atom stereocenters. The van der Waals surface area contributed by atoms with E-state index in [4.69, 9.17) is 4.74 Å². The second kappa shape index (κ2) is 5.64. The monoisotopic (exact) mass is 285 g/mol. The molecule has 0 saturated heterocycles. The molecule has 0 bridgehead atoms. The Morgan fingerprint density at radius 2 is 1.90 bits per heavy atom. The predicted octanol–water partition coefficient (Wildman–Crippen LogP) is 3.40. The first-order chi connectivity index (χ1) is 9.78. The van der Waals surface area contributed by atoms with E-state index in [0.717, 1.165) is 10.9 Å². The Morgan fingerprint density at radius 3 is 2.57 bits per heavy atom. The number of Topliss-reactive ketones (excluding diaryl/α,β-unsaturated/α-hetero) is 1. The van der Waals surface area contributed by atoms with E-state index in [1.54, 1.807) is 52.1 Å². The van der Waals surface area contributed by atoms with E-state index in [1.165, 1.54) is 0 Å². The zero-order chi connectivity index (χ0) is 15.6. The maximum atomic E-state index is 12.4. The minimum absolute atomic E-state index is 0.241. The van der Waals surface area contributed by atoms with Crippen LogP contribution < -0.4 is 0 Å². The molecule has 21 heavy (non-hydrogen) atoms. The number of fused-ring (bicyclic) bond motifs is 1. The van der Waals surface area contributed by atoms with Crippen LogP contribution in [0.1, 0.15) is 38.1 Å². The van der Waals surface area contributed by atoms with Gasteiger partial charge in [-0.3, -0.25) is 14.6 Å². The van der Waals surface area contributed by atoms with Gasteiger partial charge in [0.25, 0.3) is 0 Å². The van der Waals surface area contributed by atoms with Gasteiger partial charge in [0.2, 0.25) is 0 Å². The van der Waals surface area contributed by atoms with Crippen LogP contribution in [0.2, 0.25) is 0 Å². The molecule has 110 valence electrons. The first kappa shape index (κ1) is 15.2. The van der Waals surface area contributed by atoms with Gasteiger partial charge in [-0.2, -0.15) is 0 Å². The first-order valence-corrected chi connectivity index (χ1v) is 6.90. The molecule has 2 aromatic rings. The summed E-state index contributed by atoms with van der Waals surface area (Å²) < 4.78 is 5.26. The topological polar surface area (TPSA) is 56.3 Å². The van der Waals surface area contributed by atoms with E-state index in [-0.39, 0.29) is 5.78 Å². The lowest BCUT2D eigenvalue weighted by atomic mass is 9.98. The highest BCUT2D eigenvalue weighted by Gasteiger charge is 2.27. The zero-order valence-electron chi connectivity index (χ0n) is 12.7. The normalized spacial score (nSPS) is 13.0. The van der Waals surface area contributed by atoms with E-state index in [9.17, 15) is 9.59 Å². The van der Waals surface area contributed by atoms with Crippen molar-refractivity contribution in [3.05, 3.63) is 42.1 Å². The Hall–Kier alpha value is -2.23. The van der Waals surface area contributed by atoms with Crippen LogP contribution in [0.5, 0.6) is 0 Å². The molecular formula is C17H19NO3. The summed E-state index contributed by atoms with van der Waals surface area (Å²) >= 11 is 0. The lowest BCUT2D eigenvalue weighted by molar-refractivity contribution is -0.157. The summed E-state index contributed by atoms with van der Waals surface area (Å²) in [6, 6.07) is 8.93. The van der Waals surface area contributed by atoms with E-state index in [1.807, 2.05) is 12.1 Å². The molecule has 0 N–H and O–H groups in total. The summed E-state index contributed by atoms with van der Waals surface area (Å²) in [7, 11) is 0. The summed E-state index contributed by atoms with van der Waals surface area (Å²) in [5.74, 6) is -1.56. The van der Waals surface area contributed by atoms with Crippen LogP contribution in [0.4, 0.5) is 0 Å². The molecule has 4 heteroatoms. The maximum Gasteiger partial charge on any atom is 0.317 e. The van der Waals surface area contributed by atoms with Crippen molar-refractivity contribution in [2.24, 2.45) is 5.92 Å². The number of hydrogen-bond acceptors (Lipinski definition) is 4. The van der Waals surface area contributed by atoms with Gasteiger partial charge < -0.3 is 4.74 Å². The van der Waals surface area contributed by atoms with Crippen LogP contribution in [-0.4, -0.2) is 22.3 Å². The number of esters is 1. The molecule has 4 nitrogen and oxygen atoms in total. The van der Waals surface area contributed by atoms with Gasteiger partial charge in [0.1, 0.15) is 11.5 Å². The first-order valence-electron chi connectivity index (χ1n) is 6.90. The molecule has 2 rings (SSSR count). The smallest absolute Gasteiger partial charge is 0.317 e. The Kier molecular flexibility index (Phi) is 4.07. The summed E-state index contributed by atoms with van der Waals surface area (Å²) in [4.78, 5) is 28.6. The number of hydrogen-bond donors (Lipinski definition) is 0. The van der Waals surface area contributed by atoms with Crippen LogP contribution in [0.15, 0.2) is 36.5 Å². The minimum Gasteiger partial charge on any atom is -0.459 e. The van der Waals surface area contributed by atoms with Crippen molar-refractivity contribution in [2.75, 3.05) is 0 Å². The number of benzene rings is 1. The number of carbonyl (C=O) groups is 2. The van der Waals surface area contributed by atoms with E-state index >= 15 is 0 Å². The van der Waals surface area contributed by atoms with E-state index in [0.29, 0.717) is 5.56 Å². The second-order valence-corrected chi connectivity index (χ2v) is 6.03. The average molecular weight is 285 g/mol. The zero-order valence-corrected chi connectivity index (χ0v) is 12.7. The van der Waals surface area contributed by atoms with Crippen molar-refractivity contribution >= 4 is 22.7 Å². The van der Waals surface area contributed by atoms with Crippen LogP contribution in [0.25, 0.3) is 10.9 Å². The largest absolute Gasteiger partial charge is 0.459 e. The third-order valence-corrected chi connectivity index (χ3v) is 3.04. The lowest BCUT2D eigenvalue weighted by Gasteiger charge is -2.21. The lowest BCUT2D eigenvalue weighted by Crippen LogP contribution is -2.31. The Balaban J connectivity index is 2.23. The summed E-state index contributed by atoms with van der Waals surface area (Å²) in [6.45, 7) is 6.92. The number of pyridine rings is 1. The van der Waals surface area contributed by atoms with Crippen LogP contribution in [-0.2, 0) is 9.53 Å². The van der Waals surface area contributed by atoms with Crippen LogP contribution >= 0.6 is 0 Å². The van der Waals surface area contributed by atoms with Crippen LogP contribution in [0.3, 0.4) is 0 Å². The Bertz CT molecular complexity index is 686. The molecule has 0 amide bonds. The number of carbonyl (C=O) groups excluding carboxylic acids is 2. The Morgan fingerprint density at radius 1 is 1.19 bits per heavy atom. The van der Waals surface area contributed by atoms with Gasteiger partial charge in [0.15, 0.2) is 5.78 Å². The molecule has 0 saturated carbocycles. The third-order valence-electron chi connectivity index (χ3n) is 3.04. The van der Waals surface area contributed by atoms with Gasteiger partial charge in [-0.05, 0) is 52.0 Å². The van der Waals surface area contributed by atoms with Crippen molar-refractivity contribution < 1.29 is 14.3 Å². The molecule has 1 heterocycles. The van der Waals surface area contributed by atoms with Crippen LogP contribution in [0, 0.1) is 5.92 Å². The quantitative estimate of drug-likeness (QED) is 0.493. The summed E-state index contributed by atoms with van der Waals surface area (Å²) in [6.07, 6.45) is 1.70. The van der Waals surface area contributed by atoms with Crippen molar-refractivity contribution in [2.45, 2.75) is 33.3 Å². The maximum absolute atomic E-state index is 12.4. The number of ketones is 1. The van der Waals surface area contributed by atoms with Gasteiger partial charge in [-0.15, -0.1) is 0 Å². The summed E-state index contributed by atoms with van der Waals surface area (Å²) in [5, 5.41) is 0.875. The molecule has 0 aliphatic heterocycles. The molecule has 1 atom stereocenters. The highest BCUT2D eigenvalue weighted by molar-refractivity contribution is 6.09. The molecule has 1 aromatic heterocycles. The number of nitrogens with zero attached hydrogens (tertiary/aromatic N) is 1. The molecule has 0 fully saturated rings. The van der Waals surface area contributed by atoms with Crippen molar-refractivity contribution in [3.63, 3.8) is 0 Å². The molecule has 0 spiro atoms. The average Bonchev–Trinajstić information content (AvgIpc) is 2.43. The fourth-order valence-corrected chi connectivity index (χ4v) is 1.98. The highest BCUT2D eigenvalue weighted by Crippen LogP contribution is 2.18. The predicted molar refractivity (Wildman–Crippen MR) is 81.1 cm³/mol. The second-order valence-electron chi connectivity index (χ2n) is 6.03. The van der Waals surface area contributed by atoms with Gasteiger partial charge >= 0.3 is 5.97 Å². The third kappa shape index (κ3) is 3.66. The standard InChI is InChI=1S/C17H19NO3/c1-11(16(20)21-17(2,3)4)15(19)13-7-8-14-12(10-13)6-5-9-18-14/h5-11H,1-4H3. The van der Waals surface area contributed by atoms with E-state index in [2.05, 4.69) is 4.98 Å². The number of ether oxygens (including phenoxy) is 1. The highest BCUT2D eigenvalue weighted by atomic mass is 16.6. The van der Waals surface area contributed by atoms with E-state index < -0.39 is 17.5 Å². The van der Waals surface area contributed by atoms with Gasteiger partial charge in [0.05, 0.1) is 5.52 Å². The minimum atomic E-state index is -0.821. The molecule has 0 aliphatic carbocycles. The molecule has 0 aliphatic rings.